The summed E-state index contributed by atoms with van der Waals surface area (Å²) >= 11 is 39.8. The molecule has 526 valence electrons. The van der Waals surface area contributed by atoms with Gasteiger partial charge in [-0.1, -0.05) is 69.0 Å². The monoisotopic (exact) mass is 2230 g/mol. The molecule has 32 heteroatoms. The number of halogens is 17. The maximum Gasteiger partial charge on any atom is 2.00 e. The van der Waals surface area contributed by atoms with Crippen molar-refractivity contribution in [1.82, 2.24) is 24.9 Å². The smallest absolute Gasteiger partial charge is 1.00 e. The molecule has 1 aliphatic heterocycles. The van der Waals surface area contributed by atoms with Crippen LogP contribution in [0.1, 0.15) is 146 Å². The number of nitrogens with zero attached hydrogens (tertiary/aromatic N) is 6. The third-order valence-corrected chi connectivity index (χ3v) is 20.0. The van der Waals surface area contributed by atoms with Crippen LogP contribution in [-0.2, 0) is 32.9 Å². The van der Waals surface area contributed by atoms with Crippen molar-refractivity contribution in [1.29, 1.82) is 0 Å². The molecule has 0 amide bonds. The van der Waals surface area contributed by atoms with E-state index in [0.717, 1.165) is 74.1 Å². The second kappa shape index (κ2) is 57.5. The average Bonchev–Trinajstić information content (AvgIpc) is 0.885. The van der Waals surface area contributed by atoms with Gasteiger partial charge in [0.1, 0.15) is 55.1 Å². The molecule has 0 unspecified atom stereocenters. The number of carbonyl (C=O) groups excluding carboxylic acids is 1. The Hall–Kier alpha value is 1.09. The fourth-order valence-corrected chi connectivity index (χ4v) is 12.4. The van der Waals surface area contributed by atoms with Crippen molar-refractivity contribution in [3.05, 3.63) is 212 Å². The number of hydrogen-bond donors (Lipinski definition) is 0. The normalized spacial score (nSPS) is 11.6. The molecule has 5 aromatic heterocycles. The van der Waals surface area contributed by atoms with Gasteiger partial charge in [-0.05, 0) is 311 Å². The van der Waals surface area contributed by atoms with Crippen LogP contribution >= 0.6 is 218 Å². The quantitative estimate of drug-likeness (QED) is 0.0263. The summed E-state index contributed by atoms with van der Waals surface area (Å²) in [4.78, 5) is 31.3. The van der Waals surface area contributed by atoms with E-state index in [1.54, 1.807) is 18.2 Å². The van der Waals surface area contributed by atoms with Gasteiger partial charge in [0.05, 0.1) is 45.4 Å². The van der Waals surface area contributed by atoms with Crippen molar-refractivity contribution in [3.63, 3.8) is 0 Å². The summed E-state index contributed by atoms with van der Waals surface area (Å²) in [6, 6.07) is 25.2. The summed E-state index contributed by atoms with van der Waals surface area (Å²) in [5.41, 5.74) is 4.59. The molecule has 94 heavy (non-hydrogen) atoms. The van der Waals surface area contributed by atoms with Crippen LogP contribution in [0.4, 0.5) is 17.6 Å². The Morgan fingerprint density at radius 2 is 0.915 bits per heavy atom. The number of carbonyl (C=O) groups is 1. The van der Waals surface area contributed by atoms with Crippen molar-refractivity contribution < 1.29 is 52.5 Å². The van der Waals surface area contributed by atoms with Crippen LogP contribution in [0, 0.1) is 37.1 Å². The molecule has 0 radical (unpaired) electrons. The number of aryl methyl sites for hydroxylation is 1. The predicted octanol–water partition coefficient (Wildman–Crippen LogP) is 21.9. The maximum atomic E-state index is 13.5. The van der Waals surface area contributed by atoms with Gasteiger partial charge in [0.2, 0.25) is 0 Å². The number of alkyl halides is 2. The van der Waals surface area contributed by atoms with Gasteiger partial charge < -0.3 is 21.7 Å². The van der Waals surface area contributed by atoms with E-state index in [-0.39, 0.29) is 123 Å². The number of ether oxygens (including phenoxy) is 1. The molecule has 3 atom stereocenters. The molecule has 1 saturated heterocycles. The zero-order valence-electron chi connectivity index (χ0n) is 48.3. The van der Waals surface area contributed by atoms with E-state index in [1.165, 1.54) is 43.3 Å². The summed E-state index contributed by atoms with van der Waals surface area (Å²) in [6.45, 7) is 18.7. The molecule has 1 fully saturated rings. The number of aldehydes is 1. The van der Waals surface area contributed by atoms with Crippen LogP contribution < -0.4 is 17.0 Å². The summed E-state index contributed by atoms with van der Waals surface area (Å²) in [5.74, 6) is -2.30. The standard InChI is InChI=1S/C18H19Br2F2NOS.C10H12Br2N2OS.C7H5F2.C6H3Br4N.C6H3Br2NO.C6H5Br2N.C4H8O.5CH4.BrH.Mg.2H2S/c1-18(2,3)25(24)10-12(17-15(19)4-5-16(20)23-17)6-11-7-13(21)9-14(22)8-11;1-10(2,3)16(15)13-6-8-7(11)4-5-9(12)14-8;1-5-2-6(8)4-7(9)3-5;7-3-1-2-4(8)11-5(3)6(9)10;7-4-1-2-6(8)9-5(4)3-10;1-4-5(7)2-3-6(8)9-4;1-2-4-5-3-1;;;;;;;;;/h4-5,7-9,12H,6,10H2,1-3H3;4-6H,1-3H3;2-4H,1H2;1-2,6H;1-3H;2-3H,1H3;1-4H2;5*1H4;1H;;2*1H2/q;;-1;;;;;;;;;;;+2;;/p-1/t12-,25-;16-;;;;;;;;;;;;;;/m10............../s1. The number of aromatic nitrogens is 5. The molecular weight excluding hydrogens is 2160 g/mol. The summed E-state index contributed by atoms with van der Waals surface area (Å²) in [6.07, 6.45) is 5.13. The van der Waals surface area contributed by atoms with Crippen LogP contribution in [0.2, 0.25) is 0 Å². The predicted molar refractivity (Wildman–Crippen MR) is 441 cm³/mol. The van der Waals surface area contributed by atoms with Gasteiger partial charge in [-0.25, -0.2) is 46.7 Å². The molecule has 0 saturated carbocycles. The van der Waals surface area contributed by atoms with Gasteiger partial charge in [-0.2, -0.15) is 43.9 Å². The number of hydrogen-bond acceptors (Lipinski definition) is 9. The molecule has 7 aromatic rings. The van der Waals surface area contributed by atoms with Crippen molar-refractivity contribution in [2.24, 2.45) is 4.40 Å². The van der Waals surface area contributed by atoms with Crippen LogP contribution in [0.15, 0.2) is 147 Å². The molecule has 0 spiro atoms. The molecule has 10 nitrogen and oxygen atoms in total. The molecule has 1 aliphatic rings. The zero-order valence-corrected chi connectivity index (χ0v) is 73.9. The first-order chi connectivity index (χ1) is 39.6. The molecule has 0 aliphatic carbocycles. The third kappa shape index (κ3) is 46.6. The average molecular weight is 2240 g/mol. The summed E-state index contributed by atoms with van der Waals surface area (Å²) in [5, 5.41) is 0. The van der Waals surface area contributed by atoms with E-state index in [2.05, 4.69) is 227 Å². The van der Waals surface area contributed by atoms with E-state index in [0.29, 0.717) is 54.7 Å². The first-order valence-electron chi connectivity index (χ1n) is 24.5. The van der Waals surface area contributed by atoms with E-state index in [9.17, 15) is 30.8 Å². The van der Waals surface area contributed by atoms with Crippen LogP contribution in [0.25, 0.3) is 0 Å². The Morgan fingerprint density at radius 1 is 0.553 bits per heavy atom. The molecule has 8 rings (SSSR count). The minimum Gasteiger partial charge on any atom is -1.00 e. The molecule has 0 bridgehead atoms. The van der Waals surface area contributed by atoms with E-state index in [1.807, 2.05) is 90.9 Å². The van der Waals surface area contributed by atoms with E-state index in [4.69, 9.17) is 4.74 Å². The Kier molecular flexibility index (Phi) is 67.9. The van der Waals surface area contributed by atoms with E-state index >= 15 is 0 Å². The number of rotatable bonds is 9. The Bertz CT molecular complexity index is 3310. The summed E-state index contributed by atoms with van der Waals surface area (Å²) in [7, 11) is -2.39. The number of pyridine rings is 5. The largest absolute Gasteiger partial charge is 2.00 e. The van der Waals surface area contributed by atoms with Gasteiger partial charge in [-0.3, -0.25) is 9.00 Å². The second-order valence-corrected chi connectivity index (χ2v) is 34.7. The van der Waals surface area contributed by atoms with Crippen LogP contribution in [-0.4, -0.2) is 97.4 Å². The Balaban J connectivity index is -0.000000158. The van der Waals surface area contributed by atoms with E-state index < -0.39 is 45.1 Å². The summed E-state index contributed by atoms with van der Waals surface area (Å²) < 4.78 is 92.2. The van der Waals surface area contributed by atoms with Gasteiger partial charge in [0.25, 0.3) is 0 Å². The minimum absolute atomic E-state index is 0. The molecule has 6 heterocycles. The number of benzene rings is 2. The van der Waals surface area contributed by atoms with Gasteiger partial charge in [-0.15, -0.1) is 12.1 Å². The third-order valence-electron chi connectivity index (χ3n) is 10.0. The van der Waals surface area contributed by atoms with Crippen molar-refractivity contribution in [2.75, 3.05) is 19.0 Å². The van der Waals surface area contributed by atoms with Crippen molar-refractivity contribution >= 4 is 275 Å². The van der Waals surface area contributed by atoms with Gasteiger partial charge in [0.15, 0.2) is 6.29 Å². The Morgan fingerprint density at radius 3 is 1.26 bits per heavy atom. The molecule has 0 N–H and O–H groups in total. The van der Waals surface area contributed by atoms with Crippen molar-refractivity contribution in [2.45, 2.75) is 124 Å². The Labute approximate surface area is 702 Å². The first-order valence-corrected chi connectivity index (χ1v) is 36.7. The van der Waals surface area contributed by atoms with Gasteiger partial charge in [0, 0.05) is 68.9 Å². The van der Waals surface area contributed by atoms with Gasteiger partial charge >= 0.3 is 23.1 Å². The topological polar surface area (TPSA) is 137 Å². The van der Waals surface area contributed by atoms with Crippen LogP contribution in [0.5, 0.6) is 0 Å². The fourth-order valence-electron chi connectivity index (χ4n) is 5.92. The maximum absolute atomic E-state index is 13.5. The second-order valence-electron chi connectivity index (χ2n) is 19.1. The van der Waals surface area contributed by atoms with Crippen molar-refractivity contribution in [3.8, 4) is 0 Å². The fraction of sp³-hybridized carbons (Fsp3) is 0.355. The first kappa shape index (κ1) is 111. The minimum atomic E-state index is -1.26. The molecular formula is C62H79Br13F4MgN6O4S4. The molecule has 2 aromatic carbocycles. The van der Waals surface area contributed by atoms with Crippen LogP contribution in [0.3, 0.4) is 0 Å². The zero-order chi connectivity index (χ0) is 64.4. The SMILES string of the molecule is Brc1ccc(Br)c(C(Br)Br)n1.C.C.C.C.C.C1CCOC1.CC(C)(C)[S@](=O)C[C@@H](Cc1cc(F)cc(F)c1)c1nc(Br)ccc1Br.CC(C)(C)[S@](=O)N=Cc1nc(Br)ccc1Br.Cc1nc(Br)ccc1Br.O=Cc1nc(Br)ccc1Br.S.S.[Br-].[CH2-]c1cc(F)cc(F)c1.[Mg+2].